The SMILES string of the molecule is O=S(=O)(Oc1ccc(-n2ccnc2)cc1)c1ccc(N2CCNC2O)cc1. The van der Waals surface area contributed by atoms with Crippen molar-refractivity contribution in [1.82, 2.24) is 14.9 Å². The van der Waals surface area contributed by atoms with Gasteiger partial charge in [-0.2, -0.15) is 8.42 Å². The van der Waals surface area contributed by atoms with Gasteiger partial charge in [-0.25, -0.2) is 4.98 Å². The van der Waals surface area contributed by atoms with E-state index in [1.807, 2.05) is 0 Å². The summed E-state index contributed by atoms with van der Waals surface area (Å²) in [7, 11) is -3.95. The third-order valence-electron chi connectivity index (χ3n) is 4.28. The summed E-state index contributed by atoms with van der Waals surface area (Å²) < 4.78 is 32.0. The van der Waals surface area contributed by atoms with Gasteiger partial charge in [-0.3, -0.25) is 5.32 Å². The second-order valence-corrected chi connectivity index (χ2v) is 7.56. The molecule has 1 aliphatic heterocycles. The lowest BCUT2D eigenvalue weighted by molar-refractivity contribution is 0.163. The predicted octanol–water partition coefficient (Wildman–Crippen LogP) is 1.33. The van der Waals surface area contributed by atoms with Crippen LogP contribution < -0.4 is 14.4 Å². The van der Waals surface area contributed by atoms with Gasteiger partial charge in [-0.05, 0) is 48.5 Å². The molecule has 9 heteroatoms. The van der Waals surface area contributed by atoms with Crippen molar-refractivity contribution in [1.29, 1.82) is 0 Å². The number of aliphatic hydroxyl groups excluding tert-OH is 1. The van der Waals surface area contributed by atoms with Crippen LogP contribution in [0.4, 0.5) is 5.69 Å². The lowest BCUT2D eigenvalue weighted by atomic mass is 10.3. The van der Waals surface area contributed by atoms with Crippen molar-refractivity contribution < 1.29 is 17.7 Å². The summed E-state index contributed by atoms with van der Waals surface area (Å²) in [5, 5.41) is 12.7. The van der Waals surface area contributed by atoms with Gasteiger partial charge in [0.15, 0.2) is 6.35 Å². The van der Waals surface area contributed by atoms with E-state index < -0.39 is 16.5 Å². The molecule has 0 saturated carbocycles. The predicted molar refractivity (Wildman–Crippen MR) is 99.2 cm³/mol. The van der Waals surface area contributed by atoms with Crippen molar-refractivity contribution in [3.05, 3.63) is 67.3 Å². The minimum absolute atomic E-state index is 0.0478. The van der Waals surface area contributed by atoms with Gasteiger partial charge in [0.1, 0.15) is 10.6 Å². The molecule has 3 aromatic rings. The van der Waals surface area contributed by atoms with Crippen molar-refractivity contribution in [2.24, 2.45) is 0 Å². The van der Waals surface area contributed by atoms with Crippen LogP contribution in [0.2, 0.25) is 0 Å². The molecule has 2 aromatic carbocycles. The van der Waals surface area contributed by atoms with E-state index in [-0.39, 0.29) is 10.6 Å². The first-order valence-electron chi connectivity index (χ1n) is 8.34. The van der Waals surface area contributed by atoms with Crippen molar-refractivity contribution in [3.63, 3.8) is 0 Å². The Bertz CT molecular complexity index is 1000. The van der Waals surface area contributed by atoms with Gasteiger partial charge in [0, 0.05) is 36.9 Å². The fourth-order valence-corrected chi connectivity index (χ4v) is 3.81. The molecule has 1 saturated heterocycles. The maximum atomic E-state index is 12.5. The summed E-state index contributed by atoms with van der Waals surface area (Å²) >= 11 is 0. The number of rotatable bonds is 5. The largest absolute Gasteiger partial charge is 0.379 e. The molecule has 0 bridgehead atoms. The number of imidazole rings is 1. The highest BCUT2D eigenvalue weighted by molar-refractivity contribution is 7.87. The number of aliphatic hydroxyl groups is 1. The molecule has 0 aliphatic carbocycles. The van der Waals surface area contributed by atoms with Gasteiger partial charge in [-0.1, -0.05) is 0 Å². The van der Waals surface area contributed by atoms with Gasteiger partial charge in [0.25, 0.3) is 0 Å². The first-order valence-corrected chi connectivity index (χ1v) is 9.75. The van der Waals surface area contributed by atoms with Crippen LogP contribution in [0.15, 0.2) is 72.1 Å². The third kappa shape index (κ3) is 3.65. The summed E-state index contributed by atoms with van der Waals surface area (Å²) in [5.41, 5.74) is 1.58. The number of nitrogens with zero attached hydrogens (tertiary/aromatic N) is 3. The molecule has 1 unspecified atom stereocenters. The fraction of sp³-hybridized carbons (Fsp3) is 0.167. The molecule has 4 rings (SSSR count). The second kappa shape index (κ2) is 7.03. The normalized spacial score (nSPS) is 17.2. The lowest BCUT2D eigenvalue weighted by Gasteiger charge is -2.21. The second-order valence-electron chi connectivity index (χ2n) is 6.02. The number of hydrogen-bond acceptors (Lipinski definition) is 7. The standard InChI is InChI=1S/C18H18N4O4S/c23-18-20-10-12-22(18)15-3-7-17(8-4-15)27(24,25)26-16-5-1-14(2-6-16)21-11-9-19-13-21/h1-9,11,13,18,20,23H,10,12H2. The molecular formula is C18H18N4O4S. The molecule has 27 heavy (non-hydrogen) atoms. The van der Waals surface area contributed by atoms with Crippen molar-refractivity contribution in [3.8, 4) is 11.4 Å². The van der Waals surface area contributed by atoms with Crippen molar-refractivity contribution >= 4 is 15.8 Å². The van der Waals surface area contributed by atoms with E-state index in [1.165, 1.54) is 12.1 Å². The van der Waals surface area contributed by atoms with Gasteiger partial charge < -0.3 is 18.8 Å². The Morgan fingerprint density at radius 2 is 1.78 bits per heavy atom. The lowest BCUT2D eigenvalue weighted by Crippen LogP contribution is -2.35. The Kier molecular flexibility index (Phi) is 4.56. The number of anilines is 1. The van der Waals surface area contributed by atoms with Crippen LogP contribution in [0, 0.1) is 0 Å². The van der Waals surface area contributed by atoms with E-state index in [2.05, 4.69) is 10.3 Å². The summed E-state index contributed by atoms with van der Waals surface area (Å²) in [6, 6.07) is 12.9. The zero-order valence-electron chi connectivity index (χ0n) is 14.3. The average molecular weight is 386 g/mol. The highest BCUT2D eigenvalue weighted by Gasteiger charge is 2.23. The monoisotopic (exact) mass is 386 g/mol. The molecule has 1 aromatic heterocycles. The van der Waals surface area contributed by atoms with Crippen LogP contribution in [-0.4, -0.2) is 42.5 Å². The first kappa shape index (κ1) is 17.5. The number of aromatic nitrogens is 2. The van der Waals surface area contributed by atoms with Crippen LogP contribution in [0.3, 0.4) is 0 Å². The number of benzene rings is 2. The first-order chi connectivity index (χ1) is 13.0. The Balaban J connectivity index is 1.50. The van der Waals surface area contributed by atoms with Crippen LogP contribution in [-0.2, 0) is 10.1 Å². The molecule has 2 N–H and O–H groups in total. The van der Waals surface area contributed by atoms with Crippen molar-refractivity contribution in [2.75, 3.05) is 18.0 Å². The summed E-state index contributed by atoms with van der Waals surface area (Å²) in [6.45, 7) is 1.31. The fourth-order valence-electron chi connectivity index (χ4n) is 2.88. The van der Waals surface area contributed by atoms with E-state index in [1.54, 1.807) is 64.6 Å². The van der Waals surface area contributed by atoms with Gasteiger partial charge in [-0.15, -0.1) is 0 Å². The highest BCUT2D eigenvalue weighted by atomic mass is 32.2. The van der Waals surface area contributed by atoms with Crippen molar-refractivity contribution in [2.45, 2.75) is 11.2 Å². The molecule has 0 amide bonds. The minimum atomic E-state index is -3.95. The maximum Gasteiger partial charge on any atom is 0.339 e. The third-order valence-corrected chi connectivity index (χ3v) is 5.54. The summed E-state index contributed by atoms with van der Waals surface area (Å²) in [6.07, 6.45) is 4.34. The van der Waals surface area contributed by atoms with Crippen LogP contribution >= 0.6 is 0 Å². The highest BCUT2D eigenvalue weighted by Crippen LogP contribution is 2.24. The molecule has 140 valence electrons. The van der Waals surface area contributed by atoms with Gasteiger partial charge in [0.05, 0.1) is 6.33 Å². The Morgan fingerprint density at radius 1 is 1.07 bits per heavy atom. The van der Waals surface area contributed by atoms with E-state index >= 15 is 0 Å². The van der Waals surface area contributed by atoms with Crippen LogP contribution in [0.1, 0.15) is 0 Å². The average Bonchev–Trinajstić information content (AvgIpc) is 3.34. The molecule has 1 fully saturated rings. The zero-order chi connectivity index (χ0) is 18.9. The molecule has 0 spiro atoms. The van der Waals surface area contributed by atoms with E-state index in [0.29, 0.717) is 13.1 Å². The zero-order valence-corrected chi connectivity index (χ0v) is 15.1. The van der Waals surface area contributed by atoms with Gasteiger partial charge >= 0.3 is 10.1 Å². The minimum Gasteiger partial charge on any atom is -0.379 e. The Hall–Kier alpha value is -2.88. The molecule has 8 nitrogen and oxygen atoms in total. The molecule has 2 heterocycles. The molecule has 0 radical (unpaired) electrons. The van der Waals surface area contributed by atoms with Crippen LogP contribution in [0.25, 0.3) is 5.69 Å². The smallest absolute Gasteiger partial charge is 0.339 e. The topological polar surface area (TPSA) is 96.7 Å². The van der Waals surface area contributed by atoms with Gasteiger partial charge in [0.2, 0.25) is 0 Å². The number of nitrogens with one attached hydrogen (secondary N) is 1. The van der Waals surface area contributed by atoms with E-state index in [9.17, 15) is 13.5 Å². The molecule has 1 atom stereocenters. The molecular weight excluding hydrogens is 368 g/mol. The summed E-state index contributed by atoms with van der Waals surface area (Å²) in [4.78, 5) is 5.76. The number of hydrogen-bond donors (Lipinski definition) is 2. The maximum absolute atomic E-state index is 12.5. The summed E-state index contributed by atoms with van der Waals surface area (Å²) in [5.74, 6) is 0.224. The molecule has 1 aliphatic rings. The van der Waals surface area contributed by atoms with Crippen LogP contribution in [0.5, 0.6) is 5.75 Å². The Morgan fingerprint density at radius 3 is 2.37 bits per heavy atom. The van der Waals surface area contributed by atoms with E-state index in [0.717, 1.165) is 11.4 Å². The quantitative estimate of drug-likeness (QED) is 0.639. The van der Waals surface area contributed by atoms with E-state index in [4.69, 9.17) is 4.18 Å². The Labute approximate surface area is 156 Å².